The van der Waals surface area contributed by atoms with Gasteiger partial charge in [0.05, 0.1) is 14.2 Å². The number of carbonyl (C=O) groups is 1. The predicted molar refractivity (Wildman–Crippen MR) is 109 cm³/mol. The second-order valence-corrected chi connectivity index (χ2v) is 8.65. The van der Waals surface area contributed by atoms with E-state index in [0.717, 1.165) is 9.69 Å². The zero-order chi connectivity index (χ0) is 21.3. The zero-order valence-electron chi connectivity index (χ0n) is 16.8. The van der Waals surface area contributed by atoms with Crippen molar-refractivity contribution in [3.05, 3.63) is 47.7 Å². The molecular formula is C20H22N2O6S. The van der Waals surface area contributed by atoms with Gasteiger partial charge in [0.2, 0.25) is 10.0 Å². The van der Waals surface area contributed by atoms with Crippen molar-refractivity contribution in [1.82, 2.24) is 4.31 Å². The van der Waals surface area contributed by atoms with Gasteiger partial charge in [0, 0.05) is 30.7 Å². The fourth-order valence-electron chi connectivity index (χ4n) is 2.88. The van der Waals surface area contributed by atoms with Gasteiger partial charge in [-0.15, -0.1) is 0 Å². The van der Waals surface area contributed by atoms with Crippen LogP contribution in [0.1, 0.15) is 16.1 Å². The number of aryl methyl sites for hydroxylation is 1. The number of anilines is 1. The van der Waals surface area contributed by atoms with Crippen molar-refractivity contribution in [3.8, 4) is 11.5 Å². The van der Waals surface area contributed by atoms with Crippen LogP contribution in [-0.2, 0) is 10.0 Å². The average molecular weight is 418 g/mol. The first-order valence-corrected chi connectivity index (χ1v) is 10.1. The highest BCUT2D eigenvalue weighted by atomic mass is 32.2. The van der Waals surface area contributed by atoms with Crippen LogP contribution < -0.4 is 14.8 Å². The number of hydrogen-bond donors (Lipinski definition) is 1. The van der Waals surface area contributed by atoms with E-state index >= 15 is 0 Å². The van der Waals surface area contributed by atoms with Gasteiger partial charge in [-0.05, 0) is 43.3 Å². The van der Waals surface area contributed by atoms with Gasteiger partial charge < -0.3 is 19.2 Å². The summed E-state index contributed by atoms with van der Waals surface area (Å²) in [5, 5.41) is 3.45. The molecule has 1 N–H and O–H groups in total. The Labute approximate surface area is 169 Å². The Kier molecular flexibility index (Phi) is 5.54. The number of methoxy groups -OCH3 is 2. The van der Waals surface area contributed by atoms with Gasteiger partial charge in [-0.3, -0.25) is 4.79 Å². The molecule has 0 bridgehead atoms. The van der Waals surface area contributed by atoms with E-state index in [1.54, 1.807) is 38.3 Å². The van der Waals surface area contributed by atoms with Crippen LogP contribution in [0, 0.1) is 6.92 Å². The average Bonchev–Trinajstić information content (AvgIpc) is 3.03. The molecule has 29 heavy (non-hydrogen) atoms. The smallest absolute Gasteiger partial charge is 0.291 e. The number of benzene rings is 2. The van der Waals surface area contributed by atoms with E-state index < -0.39 is 15.9 Å². The topological polar surface area (TPSA) is 98.1 Å². The van der Waals surface area contributed by atoms with Crippen LogP contribution >= 0.6 is 0 Å². The molecule has 0 aliphatic carbocycles. The van der Waals surface area contributed by atoms with E-state index in [-0.39, 0.29) is 16.4 Å². The van der Waals surface area contributed by atoms with Crippen LogP contribution in [0.5, 0.6) is 11.5 Å². The molecule has 0 aliphatic rings. The molecule has 9 heteroatoms. The fourth-order valence-corrected chi connectivity index (χ4v) is 3.96. The molecular weight excluding hydrogens is 396 g/mol. The molecule has 0 radical (unpaired) electrons. The van der Waals surface area contributed by atoms with Gasteiger partial charge in [0.15, 0.2) is 5.76 Å². The molecule has 2 aromatic carbocycles. The second-order valence-electron chi connectivity index (χ2n) is 6.53. The Morgan fingerprint density at radius 3 is 2.41 bits per heavy atom. The monoisotopic (exact) mass is 418 g/mol. The second kappa shape index (κ2) is 7.76. The van der Waals surface area contributed by atoms with Gasteiger partial charge in [-0.25, -0.2) is 12.7 Å². The van der Waals surface area contributed by atoms with E-state index in [2.05, 4.69) is 5.32 Å². The van der Waals surface area contributed by atoms with Crippen LogP contribution in [0.2, 0.25) is 0 Å². The van der Waals surface area contributed by atoms with Crippen molar-refractivity contribution in [2.45, 2.75) is 11.8 Å². The summed E-state index contributed by atoms with van der Waals surface area (Å²) in [6.45, 7) is 1.77. The number of rotatable bonds is 6. The normalized spacial score (nSPS) is 11.7. The van der Waals surface area contributed by atoms with E-state index in [4.69, 9.17) is 13.9 Å². The van der Waals surface area contributed by atoms with Gasteiger partial charge >= 0.3 is 0 Å². The Morgan fingerprint density at radius 2 is 1.79 bits per heavy atom. The van der Waals surface area contributed by atoms with Crippen molar-refractivity contribution in [2.24, 2.45) is 0 Å². The van der Waals surface area contributed by atoms with E-state index in [1.165, 1.54) is 33.3 Å². The van der Waals surface area contributed by atoms with E-state index in [0.29, 0.717) is 22.6 Å². The number of fused-ring (bicyclic) bond motifs is 1. The van der Waals surface area contributed by atoms with Crippen molar-refractivity contribution in [3.63, 3.8) is 0 Å². The summed E-state index contributed by atoms with van der Waals surface area (Å²) < 4.78 is 42.3. The molecule has 3 aromatic rings. The maximum Gasteiger partial charge on any atom is 0.291 e. The number of sulfonamides is 1. The molecule has 0 atom stereocenters. The highest BCUT2D eigenvalue weighted by Crippen LogP contribution is 2.31. The van der Waals surface area contributed by atoms with Gasteiger partial charge in [-0.2, -0.15) is 0 Å². The summed E-state index contributed by atoms with van der Waals surface area (Å²) in [6, 6.07) is 9.67. The summed E-state index contributed by atoms with van der Waals surface area (Å²) in [4.78, 5) is 12.7. The lowest BCUT2D eigenvalue weighted by molar-refractivity contribution is 0.0998. The molecule has 0 saturated carbocycles. The van der Waals surface area contributed by atoms with Gasteiger partial charge in [0.1, 0.15) is 22.0 Å². The Hall–Kier alpha value is -3.04. The zero-order valence-corrected chi connectivity index (χ0v) is 17.6. The molecule has 1 aromatic heterocycles. The quantitative estimate of drug-likeness (QED) is 0.660. The van der Waals surface area contributed by atoms with Crippen molar-refractivity contribution >= 4 is 32.6 Å². The van der Waals surface area contributed by atoms with Crippen LogP contribution in [0.4, 0.5) is 5.69 Å². The third-order valence-electron chi connectivity index (χ3n) is 4.53. The van der Waals surface area contributed by atoms with Crippen molar-refractivity contribution < 1.29 is 27.1 Å². The molecule has 3 rings (SSSR count). The van der Waals surface area contributed by atoms with Crippen LogP contribution in [0.15, 0.2) is 45.7 Å². The number of hydrogen-bond acceptors (Lipinski definition) is 6. The maximum absolute atomic E-state index is 12.8. The molecule has 154 valence electrons. The number of ether oxygens (including phenoxy) is 2. The largest absolute Gasteiger partial charge is 0.497 e. The maximum atomic E-state index is 12.8. The van der Waals surface area contributed by atoms with Crippen LogP contribution in [0.3, 0.4) is 0 Å². The summed E-state index contributed by atoms with van der Waals surface area (Å²) >= 11 is 0. The minimum Gasteiger partial charge on any atom is -0.497 e. The highest BCUT2D eigenvalue weighted by molar-refractivity contribution is 7.89. The summed E-state index contributed by atoms with van der Waals surface area (Å²) in [7, 11) is 2.03. The molecule has 0 aliphatic heterocycles. The lowest BCUT2D eigenvalue weighted by Crippen LogP contribution is -2.23. The molecule has 0 unspecified atom stereocenters. The third kappa shape index (κ3) is 3.79. The summed E-state index contributed by atoms with van der Waals surface area (Å²) in [6.07, 6.45) is 0. The van der Waals surface area contributed by atoms with Crippen molar-refractivity contribution in [1.29, 1.82) is 0 Å². The first-order chi connectivity index (χ1) is 13.7. The lowest BCUT2D eigenvalue weighted by atomic mass is 10.1. The lowest BCUT2D eigenvalue weighted by Gasteiger charge is -2.15. The minimum absolute atomic E-state index is 0.0473. The summed E-state index contributed by atoms with van der Waals surface area (Å²) in [5.74, 6) is 0.489. The number of nitrogens with one attached hydrogen (secondary N) is 1. The van der Waals surface area contributed by atoms with Crippen LogP contribution in [-0.4, -0.2) is 46.9 Å². The number of furan rings is 1. The predicted octanol–water partition coefficient (Wildman–Crippen LogP) is 3.26. The Morgan fingerprint density at radius 1 is 1.07 bits per heavy atom. The van der Waals surface area contributed by atoms with Crippen molar-refractivity contribution in [2.75, 3.05) is 33.6 Å². The van der Waals surface area contributed by atoms with Gasteiger partial charge in [-0.1, -0.05) is 0 Å². The standard InChI is InChI=1S/C20H22N2O6S/c1-12-15-11-14(26-4)7-9-16(15)28-19(12)20(23)21-13-6-8-17(27-5)18(10-13)29(24,25)22(2)3/h6-11H,1-5H3,(H,21,23). The number of nitrogens with zero attached hydrogens (tertiary/aromatic N) is 1. The van der Waals surface area contributed by atoms with Crippen LogP contribution in [0.25, 0.3) is 11.0 Å². The Balaban J connectivity index is 1.97. The SMILES string of the molecule is COc1ccc2oc(C(=O)Nc3ccc(OC)c(S(=O)(=O)N(C)C)c3)c(C)c2c1. The first kappa shape index (κ1) is 20.7. The Bertz CT molecular complexity index is 1180. The summed E-state index contributed by atoms with van der Waals surface area (Å²) in [5.41, 5.74) is 1.51. The molecule has 1 amide bonds. The fraction of sp³-hybridized carbons (Fsp3) is 0.250. The molecule has 0 saturated heterocycles. The molecule has 1 heterocycles. The highest BCUT2D eigenvalue weighted by Gasteiger charge is 2.24. The number of amides is 1. The molecule has 0 spiro atoms. The van der Waals surface area contributed by atoms with Gasteiger partial charge in [0.25, 0.3) is 5.91 Å². The van der Waals surface area contributed by atoms with E-state index in [9.17, 15) is 13.2 Å². The molecule has 8 nitrogen and oxygen atoms in total. The first-order valence-electron chi connectivity index (χ1n) is 8.68. The number of carbonyl (C=O) groups excluding carboxylic acids is 1. The minimum atomic E-state index is -3.76. The third-order valence-corrected chi connectivity index (χ3v) is 6.37. The van der Waals surface area contributed by atoms with E-state index in [1.807, 2.05) is 0 Å². The molecule has 0 fully saturated rings.